The first-order valence-corrected chi connectivity index (χ1v) is 8.42. The average molecular weight is 355 g/mol. The number of aromatic nitrogens is 4. The van der Waals surface area contributed by atoms with Crippen LogP contribution >= 0.6 is 0 Å². The summed E-state index contributed by atoms with van der Waals surface area (Å²) in [5.74, 6) is 1.03. The predicted octanol–water partition coefficient (Wildman–Crippen LogP) is 1.40. The molecule has 1 N–H and O–H groups in total. The summed E-state index contributed by atoms with van der Waals surface area (Å²) in [7, 11) is 1.61. The Kier molecular flexibility index (Phi) is 5.01. The minimum atomic E-state index is -0.377. The molecule has 3 aromatic rings. The molecule has 8 nitrogen and oxygen atoms in total. The maximum Gasteiger partial charge on any atom is 0.352 e. The number of amides is 1. The maximum absolute atomic E-state index is 12.5. The number of benzene rings is 1. The summed E-state index contributed by atoms with van der Waals surface area (Å²) in [6.45, 7) is 4.17. The normalized spacial score (nSPS) is 10.9. The van der Waals surface area contributed by atoms with Crippen molar-refractivity contribution < 1.29 is 9.53 Å². The summed E-state index contributed by atoms with van der Waals surface area (Å²) in [5, 5.41) is 7.02. The number of carbonyl (C=O) groups is 1. The lowest BCUT2D eigenvalue weighted by atomic mass is 10.1. The lowest BCUT2D eigenvalue weighted by Crippen LogP contribution is -2.33. The number of rotatable bonds is 6. The fourth-order valence-corrected chi connectivity index (χ4v) is 2.67. The van der Waals surface area contributed by atoms with Gasteiger partial charge in [-0.05, 0) is 37.6 Å². The van der Waals surface area contributed by atoms with Crippen molar-refractivity contribution in [1.29, 1.82) is 0 Å². The second-order valence-corrected chi connectivity index (χ2v) is 5.90. The van der Waals surface area contributed by atoms with Crippen molar-refractivity contribution in [2.45, 2.75) is 26.8 Å². The molecule has 0 aliphatic rings. The summed E-state index contributed by atoms with van der Waals surface area (Å²) in [6, 6.07) is 9.21. The molecule has 0 aliphatic heterocycles. The van der Waals surface area contributed by atoms with E-state index in [1.807, 2.05) is 31.2 Å². The summed E-state index contributed by atoms with van der Waals surface area (Å²) in [5.41, 5.74) is 1.67. The molecule has 8 heteroatoms. The van der Waals surface area contributed by atoms with Gasteiger partial charge in [0.05, 0.1) is 12.8 Å². The topological polar surface area (TPSA) is 90.5 Å². The molecule has 2 heterocycles. The Labute approximate surface area is 150 Å². The minimum Gasteiger partial charge on any atom is -0.497 e. The SMILES string of the molecule is CCCNC(=O)Cn1nc2cc(-c3ccc(OC)cc3)nc(C)n2c1=O. The van der Waals surface area contributed by atoms with Crippen molar-refractivity contribution in [2.75, 3.05) is 13.7 Å². The van der Waals surface area contributed by atoms with Crippen molar-refractivity contribution in [3.63, 3.8) is 0 Å². The van der Waals surface area contributed by atoms with Crippen LogP contribution in [0, 0.1) is 6.92 Å². The molecule has 0 radical (unpaired) electrons. The van der Waals surface area contributed by atoms with E-state index < -0.39 is 0 Å². The number of carbonyl (C=O) groups excluding carboxylic acids is 1. The number of aryl methyl sites for hydroxylation is 1. The number of nitrogens with one attached hydrogen (secondary N) is 1. The highest BCUT2D eigenvalue weighted by Crippen LogP contribution is 2.21. The third-order valence-corrected chi connectivity index (χ3v) is 3.99. The molecule has 0 bridgehead atoms. The van der Waals surface area contributed by atoms with Gasteiger partial charge in [0.1, 0.15) is 18.1 Å². The van der Waals surface area contributed by atoms with E-state index in [9.17, 15) is 9.59 Å². The van der Waals surface area contributed by atoms with Crippen molar-refractivity contribution in [3.8, 4) is 17.0 Å². The van der Waals surface area contributed by atoms with Gasteiger partial charge in [-0.1, -0.05) is 6.92 Å². The summed E-state index contributed by atoms with van der Waals surface area (Å²) in [6.07, 6.45) is 0.833. The number of methoxy groups -OCH3 is 1. The zero-order valence-electron chi connectivity index (χ0n) is 15.0. The Morgan fingerprint density at radius 3 is 2.65 bits per heavy atom. The Hall–Kier alpha value is -3.16. The zero-order chi connectivity index (χ0) is 18.7. The molecule has 3 rings (SSSR count). The van der Waals surface area contributed by atoms with Crippen LogP contribution in [0.15, 0.2) is 35.1 Å². The summed E-state index contributed by atoms with van der Waals surface area (Å²) < 4.78 is 7.73. The van der Waals surface area contributed by atoms with Gasteiger partial charge in [-0.15, -0.1) is 5.10 Å². The second kappa shape index (κ2) is 7.38. The molecule has 0 saturated carbocycles. The largest absolute Gasteiger partial charge is 0.497 e. The third-order valence-electron chi connectivity index (χ3n) is 3.99. The zero-order valence-corrected chi connectivity index (χ0v) is 15.0. The number of fused-ring (bicyclic) bond motifs is 1. The molecule has 0 saturated heterocycles. The van der Waals surface area contributed by atoms with E-state index in [-0.39, 0.29) is 18.1 Å². The molecule has 2 aromatic heterocycles. The van der Waals surface area contributed by atoms with Crippen molar-refractivity contribution >= 4 is 11.6 Å². The Balaban J connectivity index is 1.97. The molecule has 0 aliphatic carbocycles. The van der Waals surface area contributed by atoms with Crippen LogP contribution in [0.5, 0.6) is 5.75 Å². The molecular weight excluding hydrogens is 334 g/mol. The highest BCUT2D eigenvalue weighted by molar-refractivity contribution is 5.75. The highest BCUT2D eigenvalue weighted by Gasteiger charge is 2.14. The van der Waals surface area contributed by atoms with E-state index in [4.69, 9.17) is 4.74 Å². The number of hydrogen-bond acceptors (Lipinski definition) is 5. The molecule has 0 fully saturated rings. The van der Waals surface area contributed by atoms with E-state index in [1.165, 1.54) is 4.40 Å². The van der Waals surface area contributed by atoms with Crippen LogP contribution in [0.2, 0.25) is 0 Å². The quantitative estimate of drug-likeness (QED) is 0.722. The van der Waals surface area contributed by atoms with Gasteiger partial charge in [0, 0.05) is 18.2 Å². The van der Waals surface area contributed by atoms with E-state index in [0.29, 0.717) is 23.7 Å². The Bertz CT molecular complexity index is 988. The van der Waals surface area contributed by atoms with Crippen molar-refractivity contribution in [1.82, 2.24) is 24.5 Å². The van der Waals surface area contributed by atoms with E-state index in [2.05, 4.69) is 15.4 Å². The first kappa shape index (κ1) is 17.7. The van der Waals surface area contributed by atoms with Gasteiger partial charge >= 0.3 is 5.69 Å². The Morgan fingerprint density at radius 1 is 1.27 bits per heavy atom. The molecule has 1 amide bonds. The molecule has 1 aromatic carbocycles. The van der Waals surface area contributed by atoms with Gasteiger partial charge in [-0.3, -0.25) is 4.79 Å². The van der Waals surface area contributed by atoms with E-state index >= 15 is 0 Å². The molecule has 0 unspecified atom stereocenters. The fourth-order valence-electron chi connectivity index (χ4n) is 2.67. The first-order chi connectivity index (χ1) is 12.5. The highest BCUT2D eigenvalue weighted by atomic mass is 16.5. The van der Waals surface area contributed by atoms with E-state index in [1.54, 1.807) is 20.1 Å². The van der Waals surface area contributed by atoms with Crippen LogP contribution in [-0.4, -0.2) is 38.7 Å². The van der Waals surface area contributed by atoms with Crippen LogP contribution in [-0.2, 0) is 11.3 Å². The Morgan fingerprint density at radius 2 is 2.00 bits per heavy atom. The first-order valence-electron chi connectivity index (χ1n) is 8.42. The summed E-state index contributed by atoms with van der Waals surface area (Å²) in [4.78, 5) is 28.9. The number of hydrogen-bond donors (Lipinski definition) is 1. The smallest absolute Gasteiger partial charge is 0.352 e. The number of ether oxygens (including phenoxy) is 1. The van der Waals surface area contributed by atoms with Crippen LogP contribution in [0.3, 0.4) is 0 Å². The molecular formula is C18H21N5O3. The molecule has 0 atom stereocenters. The van der Waals surface area contributed by atoms with Gasteiger partial charge in [0.2, 0.25) is 5.91 Å². The van der Waals surface area contributed by atoms with Gasteiger partial charge in [0.25, 0.3) is 0 Å². The third kappa shape index (κ3) is 3.44. The lowest BCUT2D eigenvalue weighted by molar-refractivity contribution is -0.121. The predicted molar refractivity (Wildman–Crippen MR) is 97.3 cm³/mol. The molecule has 0 spiro atoms. The molecule has 136 valence electrons. The number of nitrogens with zero attached hydrogens (tertiary/aromatic N) is 4. The van der Waals surface area contributed by atoms with Crippen LogP contribution in [0.1, 0.15) is 19.2 Å². The second-order valence-electron chi connectivity index (χ2n) is 5.90. The van der Waals surface area contributed by atoms with Crippen LogP contribution < -0.4 is 15.7 Å². The molecule has 26 heavy (non-hydrogen) atoms. The van der Waals surface area contributed by atoms with Crippen LogP contribution in [0.4, 0.5) is 0 Å². The lowest BCUT2D eigenvalue weighted by Gasteiger charge is -2.05. The van der Waals surface area contributed by atoms with Crippen LogP contribution in [0.25, 0.3) is 16.9 Å². The maximum atomic E-state index is 12.5. The fraction of sp³-hybridized carbons (Fsp3) is 0.333. The van der Waals surface area contributed by atoms with Gasteiger partial charge in [-0.25, -0.2) is 18.9 Å². The van der Waals surface area contributed by atoms with Crippen molar-refractivity contribution in [2.24, 2.45) is 0 Å². The minimum absolute atomic E-state index is 0.113. The van der Waals surface area contributed by atoms with E-state index in [0.717, 1.165) is 22.4 Å². The van der Waals surface area contributed by atoms with Gasteiger partial charge in [0.15, 0.2) is 5.65 Å². The summed E-state index contributed by atoms with van der Waals surface area (Å²) >= 11 is 0. The van der Waals surface area contributed by atoms with Gasteiger partial charge < -0.3 is 10.1 Å². The monoisotopic (exact) mass is 355 g/mol. The van der Waals surface area contributed by atoms with Crippen molar-refractivity contribution in [3.05, 3.63) is 46.6 Å². The average Bonchev–Trinajstić information content (AvgIpc) is 2.96. The standard InChI is InChI=1S/C18H21N5O3/c1-4-9-19-17(24)11-22-18(25)23-12(2)20-15(10-16(23)21-22)13-5-7-14(26-3)8-6-13/h5-8,10H,4,9,11H2,1-3H3,(H,19,24). The van der Waals surface area contributed by atoms with Gasteiger partial charge in [-0.2, -0.15) is 0 Å².